The molecule has 0 fully saturated rings. The molecule has 6 heteroatoms. The summed E-state index contributed by atoms with van der Waals surface area (Å²) in [6.07, 6.45) is -0.680. The molecule has 3 N–H and O–H groups in total. The first-order valence-electron chi connectivity index (χ1n) is 8.09. The van der Waals surface area contributed by atoms with Crippen LogP contribution in [0.4, 0.5) is 5.69 Å². The van der Waals surface area contributed by atoms with Gasteiger partial charge in [-0.3, -0.25) is 4.79 Å². The Morgan fingerprint density at radius 1 is 1.12 bits per heavy atom. The number of hydrogen-bond donors (Lipinski definition) is 2. The third kappa shape index (κ3) is 5.53. The van der Waals surface area contributed by atoms with Crippen LogP contribution >= 0.6 is 0 Å². The Balaban J connectivity index is 1.91. The zero-order valence-corrected chi connectivity index (χ0v) is 14.7. The van der Waals surface area contributed by atoms with Gasteiger partial charge in [0.05, 0.1) is 12.3 Å². The van der Waals surface area contributed by atoms with E-state index in [9.17, 15) is 4.79 Å². The summed E-state index contributed by atoms with van der Waals surface area (Å²) in [7, 11) is 0. The van der Waals surface area contributed by atoms with Crippen molar-refractivity contribution in [2.75, 3.05) is 12.3 Å². The molecule has 2 aromatic carbocycles. The van der Waals surface area contributed by atoms with Crippen LogP contribution in [0.15, 0.2) is 53.6 Å². The summed E-state index contributed by atoms with van der Waals surface area (Å²) in [5, 5.41) is 4.10. The van der Waals surface area contributed by atoms with Gasteiger partial charge in [0, 0.05) is 5.69 Å². The first-order chi connectivity index (χ1) is 12.0. The lowest BCUT2D eigenvalue weighted by Gasteiger charge is -2.13. The van der Waals surface area contributed by atoms with E-state index >= 15 is 0 Å². The number of nitrogens with two attached hydrogens (primary N) is 1. The van der Waals surface area contributed by atoms with Crippen molar-refractivity contribution in [3.8, 4) is 11.5 Å². The summed E-state index contributed by atoms with van der Waals surface area (Å²) in [5.74, 6) is 1.02. The minimum absolute atomic E-state index is 0.330. The number of ether oxygens (including phenoxy) is 2. The van der Waals surface area contributed by atoms with Gasteiger partial charge in [-0.05, 0) is 62.7 Å². The molecule has 1 amide bonds. The van der Waals surface area contributed by atoms with Gasteiger partial charge in [0.2, 0.25) is 0 Å². The van der Waals surface area contributed by atoms with E-state index in [0.29, 0.717) is 23.8 Å². The molecule has 25 heavy (non-hydrogen) atoms. The molecular formula is C19H23N3O3. The minimum atomic E-state index is -0.680. The van der Waals surface area contributed by atoms with E-state index < -0.39 is 6.10 Å². The fourth-order valence-electron chi connectivity index (χ4n) is 2.06. The molecule has 0 saturated heterocycles. The highest BCUT2D eigenvalue weighted by molar-refractivity contribution is 5.99. The summed E-state index contributed by atoms with van der Waals surface area (Å²) < 4.78 is 11.0. The normalized spacial score (nSPS) is 12.4. The predicted molar refractivity (Wildman–Crippen MR) is 98.9 cm³/mol. The number of carbonyl (C=O) groups is 1. The van der Waals surface area contributed by atoms with Crippen molar-refractivity contribution in [1.82, 2.24) is 5.43 Å². The summed E-state index contributed by atoms with van der Waals surface area (Å²) in [4.78, 5) is 12.1. The quantitative estimate of drug-likeness (QED) is 0.460. The second kappa shape index (κ2) is 8.73. The molecule has 0 radical (unpaired) electrons. The van der Waals surface area contributed by atoms with E-state index in [1.54, 1.807) is 43.3 Å². The van der Waals surface area contributed by atoms with Crippen molar-refractivity contribution in [1.29, 1.82) is 0 Å². The molecule has 0 saturated carbocycles. The Kier molecular flexibility index (Phi) is 6.39. The van der Waals surface area contributed by atoms with Crippen LogP contribution in [0.3, 0.4) is 0 Å². The molecule has 2 rings (SSSR count). The Bertz CT molecular complexity index is 725. The van der Waals surface area contributed by atoms with Crippen LogP contribution in [0.5, 0.6) is 11.5 Å². The fourth-order valence-corrected chi connectivity index (χ4v) is 2.06. The van der Waals surface area contributed by atoms with Crippen LogP contribution in [0, 0.1) is 0 Å². The van der Waals surface area contributed by atoms with E-state index in [0.717, 1.165) is 11.3 Å². The first kappa shape index (κ1) is 18.3. The second-order valence-electron chi connectivity index (χ2n) is 5.46. The topological polar surface area (TPSA) is 85.9 Å². The number of hydrogen-bond acceptors (Lipinski definition) is 5. The maximum atomic E-state index is 12.1. The molecule has 0 aliphatic heterocycles. The third-order valence-corrected chi connectivity index (χ3v) is 3.48. The van der Waals surface area contributed by atoms with E-state index in [1.807, 2.05) is 26.0 Å². The highest BCUT2D eigenvalue weighted by Gasteiger charge is 2.14. The maximum Gasteiger partial charge on any atom is 0.280 e. The largest absolute Gasteiger partial charge is 0.494 e. The highest BCUT2D eigenvalue weighted by Crippen LogP contribution is 2.18. The van der Waals surface area contributed by atoms with Gasteiger partial charge in [-0.1, -0.05) is 12.1 Å². The number of hydrazone groups is 1. The van der Waals surface area contributed by atoms with Crippen LogP contribution in [0.25, 0.3) is 0 Å². The van der Waals surface area contributed by atoms with Crippen molar-refractivity contribution < 1.29 is 14.3 Å². The molecule has 132 valence electrons. The second-order valence-corrected chi connectivity index (χ2v) is 5.46. The van der Waals surface area contributed by atoms with Crippen LogP contribution in [-0.2, 0) is 4.79 Å². The predicted octanol–water partition coefficient (Wildman–Crippen LogP) is 2.98. The van der Waals surface area contributed by atoms with Crippen molar-refractivity contribution in [3.05, 3.63) is 54.1 Å². The van der Waals surface area contributed by atoms with Gasteiger partial charge in [-0.25, -0.2) is 5.43 Å². The average molecular weight is 341 g/mol. The summed E-state index contributed by atoms with van der Waals surface area (Å²) >= 11 is 0. The van der Waals surface area contributed by atoms with Crippen LogP contribution in [0.2, 0.25) is 0 Å². The lowest BCUT2D eigenvalue weighted by atomic mass is 10.1. The molecule has 1 atom stereocenters. The molecule has 0 aromatic heterocycles. The molecule has 0 aliphatic carbocycles. The van der Waals surface area contributed by atoms with Crippen molar-refractivity contribution in [2.24, 2.45) is 5.10 Å². The molecule has 0 aliphatic rings. The summed E-state index contributed by atoms with van der Waals surface area (Å²) in [6.45, 7) is 6.00. The lowest BCUT2D eigenvalue weighted by Crippen LogP contribution is -2.33. The molecule has 0 heterocycles. The Morgan fingerprint density at radius 2 is 1.72 bits per heavy atom. The van der Waals surface area contributed by atoms with E-state index in [-0.39, 0.29) is 5.91 Å². The number of benzene rings is 2. The van der Waals surface area contributed by atoms with Crippen LogP contribution in [0.1, 0.15) is 26.3 Å². The van der Waals surface area contributed by atoms with Crippen molar-refractivity contribution in [3.63, 3.8) is 0 Å². The highest BCUT2D eigenvalue weighted by atomic mass is 16.5. The first-order valence-corrected chi connectivity index (χ1v) is 8.09. The number of rotatable bonds is 7. The zero-order valence-electron chi connectivity index (χ0n) is 14.7. The maximum absolute atomic E-state index is 12.1. The van der Waals surface area contributed by atoms with E-state index in [1.165, 1.54) is 0 Å². The number of carbonyl (C=O) groups excluding carboxylic acids is 1. The molecule has 6 nitrogen and oxygen atoms in total. The number of nitrogens with one attached hydrogen (secondary N) is 1. The van der Waals surface area contributed by atoms with Gasteiger partial charge in [-0.2, -0.15) is 5.10 Å². The van der Waals surface area contributed by atoms with Crippen molar-refractivity contribution >= 4 is 17.3 Å². The number of anilines is 1. The standard InChI is InChI=1S/C19H23N3O3/c1-4-24-17-9-11-18(12-10-17)25-14(3)19(23)22-21-13(2)15-5-7-16(20)8-6-15/h5-12,14H,4,20H2,1-3H3,(H,22,23)/b21-13-/t14-/m0/s1. The molecule has 0 unspecified atom stereocenters. The third-order valence-electron chi connectivity index (χ3n) is 3.48. The van der Waals surface area contributed by atoms with Gasteiger partial charge < -0.3 is 15.2 Å². The van der Waals surface area contributed by atoms with Gasteiger partial charge in [0.1, 0.15) is 11.5 Å². The number of amides is 1. The van der Waals surface area contributed by atoms with E-state index in [4.69, 9.17) is 15.2 Å². The minimum Gasteiger partial charge on any atom is -0.494 e. The van der Waals surface area contributed by atoms with Gasteiger partial charge in [0.15, 0.2) is 6.10 Å². The molecule has 2 aromatic rings. The molecule has 0 spiro atoms. The van der Waals surface area contributed by atoms with Gasteiger partial charge in [0.25, 0.3) is 5.91 Å². The van der Waals surface area contributed by atoms with Crippen molar-refractivity contribution in [2.45, 2.75) is 26.9 Å². The lowest BCUT2D eigenvalue weighted by molar-refractivity contribution is -0.127. The summed E-state index contributed by atoms with van der Waals surface area (Å²) in [6, 6.07) is 14.4. The van der Waals surface area contributed by atoms with Gasteiger partial charge in [-0.15, -0.1) is 0 Å². The average Bonchev–Trinajstić information content (AvgIpc) is 2.61. The van der Waals surface area contributed by atoms with E-state index in [2.05, 4.69) is 10.5 Å². The number of nitrogen functional groups attached to an aromatic ring is 1. The Labute approximate surface area is 147 Å². The Hall–Kier alpha value is -3.02. The zero-order chi connectivity index (χ0) is 18.2. The molecular weight excluding hydrogens is 318 g/mol. The number of nitrogens with zero attached hydrogens (tertiary/aromatic N) is 1. The fraction of sp³-hybridized carbons (Fsp3) is 0.263. The summed E-state index contributed by atoms with van der Waals surface area (Å²) in [5.41, 5.74) is 10.4. The van der Waals surface area contributed by atoms with Crippen LogP contribution in [-0.4, -0.2) is 24.3 Å². The van der Waals surface area contributed by atoms with Crippen LogP contribution < -0.4 is 20.6 Å². The Morgan fingerprint density at radius 3 is 2.32 bits per heavy atom. The van der Waals surface area contributed by atoms with Gasteiger partial charge >= 0.3 is 0 Å². The molecule has 0 bridgehead atoms. The monoisotopic (exact) mass is 341 g/mol. The SMILES string of the molecule is CCOc1ccc(O[C@@H](C)C(=O)N/N=C(/C)c2ccc(N)cc2)cc1. The smallest absolute Gasteiger partial charge is 0.280 e.